The van der Waals surface area contributed by atoms with E-state index in [0.29, 0.717) is 13.2 Å². The Balaban J connectivity index is 2.71. The molecule has 0 aliphatic carbocycles. The van der Waals surface area contributed by atoms with Gasteiger partial charge in [-0.25, -0.2) is 0 Å². The van der Waals surface area contributed by atoms with Gasteiger partial charge in [-0.3, -0.25) is 9.59 Å². The number of hydrogen-bond acceptors (Lipinski definition) is 7. The lowest BCUT2D eigenvalue weighted by Crippen LogP contribution is -2.57. The van der Waals surface area contributed by atoms with E-state index < -0.39 is 24.3 Å². The minimum Gasteiger partial charge on any atom is -0.481 e. The van der Waals surface area contributed by atoms with Crippen LogP contribution in [0.15, 0.2) is 0 Å². The summed E-state index contributed by atoms with van der Waals surface area (Å²) in [6.07, 6.45) is -0.329. The Morgan fingerprint density at radius 1 is 1.04 bits per heavy atom. The number of carboxylic acids is 1. The Hall–Kier alpha value is -1.22. The molecule has 0 aromatic carbocycles. The van der Waals surface area contributed by atoms with Crippen LogP contribution in [0, 0.1) is 5.92 Å². The van der Waals surface area contributed by atoms with E-state index in [4.69, 9.17) is 28.8 Å². The van der Waals surface area contributed by atoms with Crippen molar-refractivity contribution < 1.29 is 38.4 Å². The van der Waals surface area contributed by atoms with E-state index in [-0.39, 0.29) is 37.6 Å². The van der Waals surface area contributed by atoms with Crippen molar-refractivity contribution >= 4 is 11.9 Å². The fourth-order valence-electron chi connectivity index (χ4n) is 2.80. The number of carboxylic acid groups (broad SMARTS) is 1. The summed E-state index contributed by atoms with van der Waals surface area (Å²) < 4.78 is 28.4. The van der Waals surface area contributed by atoms with Crippen molar-refractivity contribution in [2.75, 3.05) is 26.9 Å². The van der Waals surface area contributed by atoms with E-state index in [1.165, 1.54) is 7.11 Å². The zero-order chi connectivity index (χ0) is 19.5. The number of hydrogen-bond donors (Lipinski definition) is 1. The van der Waals surface area contributed by atoms with Gasteiger partial charge in [-0.15, -0.1) is 0 Å². The lowest BCUT2D eigenvalue weighted by Gasteiger charge is -2.44. The molecule has 1 rings (SSSR count). The molecule has 2 unspecified atom stereocenters. The predicted molar refractivity (Wildman–Crippen MR) is 92.7 cm³/mol. The molecule has 0 amide bonds. The number of carbonyl (C=O) groups excluding carboxylic acids is 1. The lowest BCUT2D eigenvalue weighted by molar-refractivity contribution is -0.298. The van der Waals surface area contributed by atoms with Crippen LogP contribution in [0.5, 0.6) is 0 Å². The molecule has 0 bridgehead atoms. The first-order chi connectivity index (χ1) is 12.4. The highest BCUT2D eigenvalue weighted by Gasteiger charge is 2.45. The maximum Gasteiger partial charge on any atom is 0.306 e. The molecule has 1 aliphatic rings. The first-order valence-corrected chi connectivity index (χ1v) is 9.23. The molecule has 0 aromatic rings. The van der Waals surface area contributed by atoms with E-state index in [2.05, 4.69) is 0 Å². The molecule has 26 heavy (non-hydrogen) atoms. The van der Waals surface area contributed by atoms with Crippen LogP contribution < -0.4 is 0 Å². The van der Waals surface area contributed by atoms with Crippen LogP contribution in [0.25, 0.3) is 0 Å². The van der Waals surface area contributed by atoms with E-state index >= 15 is 0 Å². The van der Waals surface area contributed by atoms with Crippen LogP contribution in [0.4, 0.5) is 0 Å². The lowest BCUT2D eigenvalue weighted by atomic mass is 9.90. The molecule has 152 valence electrons. The molecule has 8 heteroatoms. The summed E-state index contributed by atoms with van der Waals surface area (Å²) in [5, 5.41) is 8.63. The molecule has 1 saturated heterocycles. The molecular formula is C18H32O8. The van der Waals surface area contributed by atoms with E-state index in [0.717, 1.165) is 12.8 Å². The molecular weight excluding hydrogens is 344 g/mol. The molecule has 0 spiro atoms. The van der Waals surface area contributed by atoms with Crippen LogP contribution in [0.1, 0.15) is 46.5 Å². The van der Waals surface area contributed by atoms with Gasteiger partial charge < -0.3 is 28.8 Å². The van der Waals surface area contributed by atoms with Gasteiger partial charge in [0.05, 0.1) is 18.9 Å². The van der Waals surface area contributed by atoms with Gasteiger partial charge in [0, 0.05) is 26.2 Å². The fourth-order valence-corrected chi connectivity index (χ4v) is 2.80. The van der Waals surface area contributed by atoms with Gasteiger partial charge in [0.25, 0.3) is 0 Å². The Kier molecular flexibility index (Phi) is 10.7. The van der Waals surface area contributed by atoms with Crippen LogP contribution in [-0.4, -0.2) is 68.6 Å². The predicted octanol–water partition coefficient (Wildman–Crippen LogP) is 1.99. The van der Waals surface area contributed by atoms with Gasteiger partial charge in [-0.05, 0) is 12.8 Å². The zero-order valence-corrected chi connectivity index (χ0v) is 16.1. The minimum absolute atomic E-state index is 0.0198. The average molecular weight is 376 g/mol. The maximum atomic E-state index is 11.7. The molecule has 8 nitrogen and oxygen atoms in total. The summed E-state index contributed by atoms with van der Waals surface area (Å²) >= 11 is 0. The third kappa shape index (κ3) is 7.19. The summed E-state index contributed by atoms with van der Waals surface area (Å²) in [5.41, 5.74) is 0. The highest BCUT2D eigenvalue weighted by atomic mass is 16.7. The Labute approximate surface area is 155 Å². The van der Waals surface area contributed by atoms with Gasteiger partial charge >= 0.3 is 11.9 Å². The molecule has 0 radical (unpaired) electrons. The third-order valence-electron chi connectivity index (χ3n) is 4.22. The molecule has 0 saturated carbocycles. The van der Waals surface area contributed by atoms with Crippen LogP contribution in [0.3, 0.4) is 0 Å². The molecule has 1 aliphatic heterocycles. The number of aliphatic carboxylic acids is 1. The van der Waals surface area contributed by atoms with Crippen molar-refractivity contribution in [3.8, 4) is 0 Å². The van der Waals surface area contributed by atoms with Crippen molar-refractivity contribution in [3.63, 3.8) is 0 Å². The summed E-state index contributed by atoms with van der Waals surface area (Å²) in [6.45, 7) is 7.19. The summed E-state index contributed by atoms with van der Waals surface area (Å²) in [6, 6.07) is 0. The number of esters is 1. The van der Waals surface area contributed by atoms with Crippen molar-refractivity contribution in [2.45, 2.75) is 71.1 Å². The maximum absolute atomic E-state index is 11.7. The second kappa shape index (κ2) is 12.2. The fraction of sp³-hybridized carbons (Fsp3) is 0.889. The smallest absolute Gasteiger partial charge is 0.306 e. The first kappa shape index (κ1) is 22.8. The molecule has 1 N–H and O–H groups in total. The second-order valence-electron chi connectivity index (χ2n) is 6.39. The molecule has 0 aromatic heterocycles. The monoisotopic (exact) mass is 376 g/mol. The largest absolute Gasteiger partial charge is 0.481 e. The molecule has 5 atom stereocenters. The second-order valence-corrected chi connectivity index (χ2v) is 6.39. The number of rotatable bonds is 12. The molecule has 1 heterocycles. The van der Waals surface area contributed by atoms with E-state index in [1.54, 1.807) is 0 Å². The van der Waals surface area contributed by atoms with Crippen molar-refractivity contribution in [3.05, 3.63) is 0 Å². The SMILES string of the molecule is CCCOC1[C@@H](OC)OC(COC(=O)CCC(=O)O)[C@@H](C)[C@@H]1OCCC. The van der Waals surface area contributed by atoms with Crippen LogP contribution >= 0.6 is 0 Å². The zero-order valence-electron chi connectivity index (χ0n) is 16.1. The van der Waals surface area contributed by atoms with Crippen molar-refractivity contribution in [2.24, 2.45) is 5.92 Å². The Bertz CT molecular complexity index is 427. The minimum atomic E-state index is -1.03. The van der Waals surface area contributed by atoms with E-state index in [9.17, 15) is 9.59 Å². The topological polar surface area (TPSA) is 101 Å². The summed E-state index contributed by atoms with van der Waals surface area (Å²) in [7, 11) is 1.54. The van der Waals surface area contributed by atoms with Gasteiger partial charge in [0.1, 0.15) is 18.8 Å². The van der Waals surface area contributed by atoms with Crippen LogP contribution in [0.2, 0.25) is 0 Å². The number of carbonyl (C=O) groups is 2. The quantitative estimate of drug-likeness (QED) is 0.516. The number of methoxy groups -OCH3 is 1. The summed E-state index contributed by atoms with van der Waals surface area (Å²) in [4.78, 5) is 22.2. The number of ether oxygens (including phenoxy) is 5. The highest BCUT2D eigenvalue weighted by Crippen LogP contribution is 2.31. The average Bonchev–Trinajstić information content (AvgIpc) is 2.62. The Morgan fingerprint density at radius 3 is 2.19 bits per heavy atom. The highest BCUT2D eigenvalue weighted by molar-refractivity contribution is 5.76. The molecule has 1 fully saturated rings. The first-order valence-electron chi connectivity index (χ1n) is 9.23. The van der Waals surface area contributed by atoms with E-state index in [1.807, 2.05) is 20.8 Å². The van der Waals surface area contributed by atoms with Gasteiger partial charge in [0.15, 0.2) is 6.29 Å². The van der Waals surface area contributed by atoms with Gasteiger partial charge in [0.2, 0.25) is 0 Å². The van der Waals surface area contributed by atoms with Gasteiger partial charge in [-0.2, -0.15) is 0 Å². The summed E-state index contributed by atoms with van der Waals surface area (Å²) in [5.74, 6) is -1.68. The Morgan fingerprint density at radius 2 is 1.65 bits per heavy atom. The normalized spacial score (nSPS) is 28.7. The van der Waals surface area contributed by atoms with Crippen molar-refractivity contribution in [1.29, 1.82) is 0 Å². The third-order valence-corrected chi connectivity index (χ3v) is 4.22. The standard InChI is InChI=1S/C18H32O8/c1-5-9-23-16-12(3)13(11-25-15(21)8-7-14(19)20)26-18(22-4)17(16)24-10-6-2/h12-13,16-18H,5-11H2,1-4H3,(H,19,20)/t12-,13?,16+,17?,18+/m1/s1. The van der Waals surface area contributed by atoms with Gasteiger partial charge in [-0.1, -0.05) is 20.8 Å². The van der Waals surface area contributed by atoms with Crippen LogP contribution in [-0.2, 0) is 33.3 Å². The van der Waals surface area contributed by atoms with Crippen molar-refractivity contribution in [1.82, 2.24) is 0 Å².